The molecule has 3 N–H and O–H groups in total. The number of aromatic nitrogens is 1. The van der Waals surface area contributed by atoms with Crippen LogP contribution in [0.5, 0.6) is 0 Å². The van der Waals surface area contributed by atoms with Crippen LogP contribution in [0.4, 0.5) is 5.82 Å². The number of nitrogen functional groups attached to an aromatic ring is 1. The monoisotopic (exact) mass is 234 g/mol. The van der Waals surface area contributed by atoms with Crippen LogP contribution in [0.2, 0.25) is 0 Å². The maximum Gasteiger partial charge on any atom is 0.237 e. The molecule has 5 nitrogen and oxygen atoms in total. The topological polar surface area (TPSA) is 71.2 Å². The Kier molecular flexibility index (Phi) is 3.58. The molecule has 1 amide bonds. The van der Waals surface area contributed by atoms with Crippen LogP contribution in [0.25, 0.3) is 0 Å². The first-order valence-corrected chi connectivity index (χ1v) is 5.93. The Labute approximate surface area is 101 Å². The Morgan fingerprint density at radius 3 is 3.18 bits per heavy atom. The number of hydrogen-bond donors (Lipinski definition) is 2. The van der Waals surface area contributed by atoms with Gasteiger partial charge in [0.25, 0.3) is 0 Å². The second kappa shape index (κ2) is 5.14. The van der Waals surface area contributed by atoms with Crippen molar-refractivity contribution < 1.29 is 4.79 Å². The minimum atomic E-state index is -0.0524. The molecule has 5 heteroatoms. The predicted molar refractivity (Wildman–Crippen MR) is 66.1 cm³/mol. The molecule has 0 bridgehead atoms. The number of pyridine rings is 1. The van der Waals surface area contributed by atoms with Crippen molar-refractivity contribution in [2.75, 3.05) is 18.8 Å². The number of carbonyl (C=O) groups excluding carboxylic acids is 1. The number of amides is 1. The number of nitrogens with one attached hydrogen (secondary N) is 1. The molecular formula is C12H18N4O. The molecule has 1 saturated heterocycles. The van der Waals surface area contributed by atoms with Gasteiger partial charge in [-0.25, -0.2) is 4.98 Å². The van der Waals surface area contributed by atoms with E-state index in [4.69, 9.17) is 5.73 Å². The smallest absolute Gasteiger partial charge is 0.237 e. The third kappa shape index (κ3) is 2.55. The highest BCUT2D eigenvalue weighted by Crippen LogP contribution is 2.16. The fourth-order valence-corrected chi connectivity index (χ4v) is 2.20. The standard InChI is InChI=1S/C12H18N4O/c1-2-10-12(17)15-6-7-16(10)8-9-4-3-5-14-11(9)13/h3-5,10H,2,6-8H2,1H3,(H2,13,14)(H,15,17). The maximum atomic E-state index is 11.7. The third-order valence-corrected chi connectivity index (χ3v) is 3.13. The van der Waals surface area contributed by atoms with E-state index in [0.29, 0.717) is 18.9 Å². The van der Waals surface area contributed by atoms with Crippen molar-refractivity contribution in [1.82, 2.24) is 15.2 Å². The summed E-state index contributed by atoms with van der Waals surface area (Å²) in [5.41, 5.74) is 6.81. The maximum absolute atomic E-state index is 11.7. The molecule has 2 rings (SSSR count). The van der Waals surface area contributed by atoms with Crippen LogP contribution >= 0.6 is 0 Å². The summed E-state index contributed by atoms with van der Waals surface area (Å²) in [5.74, 6) is 0.662. The lowest BCUT2D eigenvalue weighted by Gasteiger charge is -2.34. The molecule has 0 aromatic carbocycles. The molecule has 0 aliphatic carbocycles. The highest BCUT2D eigenvalue weighted by molar-refractivity contribution is 5.82. The Morgan fingerprint density at radius 1 is 1.65 bits per heavy atom. The zero-order valence-corrected chi connectivity index (χ0v) is 10.0. The molecule has 17 heavy (non-hydrogen) atoms. The Bertz CT molecular complexity index is 407. The van der Waals surface area contributed by atoms with E-state index in [-0.39, 0.29) is 11.9 Å². The average molecular weight is 234 g/mol. The summed E-state index contributed by atoms with van der Waals surface area (Å²) >= 11 is 0. The molecule has 92 valence electrons. The minimum absolute atomic E-state index is 0.0524. The van der Waals surface area contributed by atoms with Crippen LogP contribution in [0.1, 0.15) is 18.9 Å². The zero-order chi connectivity index (χ0) is 12.3. The van der Waals surface area contributed by atoms with Crippen LogP contribution in [-0.2, 0) is 11.3 Å². The summed E-state index contributed by atoms with van der Waals surface area (Å²) in [6.45, 7) is 4.27. The molecular weight excluding hydrogens is 216 g/mol. The molecule has 0 spiro atoms. The number of piperazine rings is 1. The molecule has 1 fully saturated rings. The van der Waals surface area contributed by atoms with Crippen molar-refractivity contribution in [1.29, 1.82) is 0 Å². The molecule has 1 aliphatic heterocycles. The van der Waals surface area contributed by atoms with Crippen LogP contribution in [0.15, 0.2) is 18.3 Å². The Hall–Kier alpha value is -1.62. The van der Waals surface area contributed by atoms with E-state index in [0.717, 1.165) is 18.5 Å². The van der Waals surface area contributed by atoms with E-state index in [9.17, 15) is 4.79 Å². The fraction of sp³-hybridized carbons (Fsp3) is 0.500. The number of nitrogens with zero attached hydrogens (tertiary/aromatic N) is 2. The lowest BCUT2D eigenvalue weighted by atomic mass is 10.1. The van der Waals surface area contributed by atoms with Crippen molar-refractivity contribution in [3.8, 4) is 0 Å². The summed E-state index contributed by atoms with van der Waals surface area (Å²) in [5, 5.41) is 2.89. The van der Waals surface area contributed by atoms with Crippen molar-refractivity contribution >= 4 is 11.7 Å². The summed E-state index contributed by atoms with van der Waals surface area (Å²) < 4.78 is 0. The lowest BCUT2D eigenvalue weighted by Crippen LogP contribution is -2.54. The molecule has 1 aromatic heterocycles. The van der Waals surface area contributed by atoms with Gasteiger partial charge >= 0.3 is 0 Å². The number of carbonyl (C=O) groups is 1. The molecule has 1 atom stereocenters. The summed E-state index contributed by atoms with van der Waals surface area (Å²) in [6, 6.07) is 3.78. The lowest BCUT2D eigenvalue weighted by molar-refractivity contribution is -0.129. The van der Waals surface area contributed by atoms with Crippen molar-refractivity contribution in [3.05, 3.63) is 23.9 Å². The Balaban J connectivity index is 2.12. The van der Waals surface area contributed by atoms with Gasteiger partial charge in [-0.15, -0.1) is 0 Å². The summed E-state index contributed by atoms with van der Waals surface area (Å²) in [7, 11) is 0. The largest absolute Gasteiger partial charge is 0.383 e. The van der Waals surface area contributed by atoms with Crippen LogP contribution < -0.4 is 11.1 Å². The van der Waals surface area contributed by atoms with Gasteiger partial charge < -0.3 is 11.1 Å². The van der Waals surface area contributed by atoms with Gasteiger partial charge in [0.2, 0.25) is 5.91 Å². The van der Waals surface area contributed by atoms with Crippen molar-refractivity contribution in [2.45, 2.75) is 25.9 Å². The number of hydrogen-bond acceptors (Lipinski definition) is 4. The minimum Gasteiger partial charge on any atom is -0.383 e. The van der Waals surface area contributed by atoms with E-state index in [1.165, 1.54) is 0 Å². The van der Waals surface area contributed by atoms with Gasteiger partial charge in [-0.05, 0) is 12.5 Å². The molecule has 1 unspecified atom stereocenters. The van der Waals surface area contributed by atoms with Crippen molar-refractivity contribution in [2.24, 2.45) is 0 Å². The second-order valence-corrected chi connectivity index (χ2v) is 4.23. The first kappa shape index (κ1) is 11.9. The average Bonchev–Trinajstić information content (AvgIpc) is 2.32. The molecule has 2 heterocycles. The summed E-state index contributed by atoms with van der Waals surface area (Å²) in [6.07, 6.45) is 2.49. The third-order valence-electron chi connectivity index (χ3n) is 3.13. The van der Waals surface area contributed by atoms with Gasteiger partial charge in [0.1, 0.15) is 5.82 Å². The Morgan fingerprint density at radius 2 is 2.47 bits per heavy atom. The molecule has 1 aromatic rings. The van der Waals surface area contributed by atoms with Crippen LogP contribution in [-0.4, -0.2) is 34.9 Å². The predicted octanol–water partition coefficient (Wildman–Crippen LogP) is 0.374. The zero-order valence-electron chi connectivity index (χ0n) is 10.0. The molecule has 0 radical (unpaired) electrons. The van der Waals surface area contributed by atoms with Gasteiger partial charge in [-0.2, -0.15) is 0 Å². The fourth-order valence-electron chi connectivity index (χ4n) is 2.20. The molecule has 0 saturated carbocycles. The van der Waals surface area contributed by atoms with E-state index in [1.54, 1.807) is 6.20 Å². The normalized spacial score (nSPS) is 21.2. The first-order chi connectivity index (χ1) is 8.22. The number of anilines is 1. The second-order valence-electron chi connectivity index (χ2n) is 4.23. The number of nitrogens with two attached hydrogens (primary N) is 1. The molecule has 1 aliphatic rings. The van der Waals surface area contributed by atoms with E-state index in [2.05, 4.69) is 15.2 Å². The van der Waals surface area contributed by atoms with Gasteiger partial charge in [0.05, 0.1) is 6.04 Å². The van der Waals surface area contributed by atoms with Crippen LogP contribution in [0, 0.1) is 0 Å². The highest BCUT2D eigenvalue weighted by Gasteiger charge is 2.28. The summed E-state index contributed by atoms with van der Waals surface area (Å²) in [4.78, 5) is 17.9. The van der Waals surface area contributed by atoms with Gasteiger partial charge in [-0.3, -0.25) is 9.69 Å². The van der Waals surface area contributed by atoms with E-state index in [1.807, 2.05) is 19.1 Å². The van der Waals surface area contributed by atoms with Gasteiger partial charge in [0, 0.05) is 31.4 Å². The first-order valence-electron chi connectivity index (χ1n) is 5.93. The SMILES string of the molecule is CCC1C(=O)NCCN1Cc1cccnc1N. The van der Waals surface area contributed by atoms with Crippen LogP contribution in [0.3, 0.4) is 0 Å². The quantitative estimate of drug-likeness (QED) is 0.793. The van der Waals surface area contributed by atoms with Gasteiger partial charge in [-0.1, -0.05) is 13.0 Å². The van der Waals surface area contributed by atoms with Gasteiger partial charge in [0.15, 0.2) is 0 Å². The number of rotatable bonds is 3. The van der Waals surface area contributed by atoms with Crippen molar-refractivity contribution in [3.63, 3.8) is 0 Å². The van der Waals surface area contributed by atoms with E-state index < -0.39 is 0 Å². The highest BCUT2D eigenvalue weighted by atomic mass is 16.2. The van der Waals surface area contributed by atoms with E-state index >= 15 is 0 Å².